The number of nitrogens with zero attached hydrogens (tertiary/aromatic N) is 2. The number of benzene rings is 2. The highest BCUT2D eigenvalue weighted by atomic mass is 16.5. The van der Waals surface area contributed by atoms with Crippen LogP contribution in [0.4, 0.5) is 5.69 Å². The molecule has 1 saturated heterocycles. The van der Waals surface area contributed by atoms with Crippen molar-refractivity contribution in [3.63, 3.8) is 0 Å². The second kappa shape index (κ2) is 7.43. The first-order chi connectivity index (χ1) is 13.2. The molecule has 0 spiro atoms. The molecule has 27 heavy (non-hydrogen) atoms. The van der Waals surface area contributed by atoms with Crippen molar-refractivity contribution in [2.24, 2.45) is 5.92 Å². The van der Waals surface area contributed by atoms with Crippen molar-refractivity contribution in [3.8, 4) is 5.75 Å². The van der Waals surface area contributed by atoms with E-state index in [1.54, 1.807) is 7.11 Å². The lowest BCUT2D eigenvalue weighted by Crippen LogP contribution is -2.36. The third-order valence-electron chi connectivity index (χ3n) is 5.52. The number of fused-ring (bicyclic) bond motifs is 1. The van der Waals surface area contributed by atoms with Crippen molar-refractivity contribution < 1.29 is 14.3 Å². The third-order valence-corrected chi connectivity index (χ3v) is 5.52. The maximum Gasteiger partial charge on any atom is 0.232 e. The molecule has 5 heteroatoms. The molecule has 2 aliphatic heterocycles. The highest BCUT2D eigenvalue weighted by Crippen LogP contribution is 2.31. The Labute approximate surface area is 159 Å². The highest BCUT2D eigenvalue weighted by molar-refractivity contribution is 6.00. The van der Waals surface area contributed by atoms with Crippen LogP contribution >= 0.6 is 0 Å². The zero-order chi connectivity index (χ0) is 18.8. The Kier molecular flexibility index (Phi) is 4.84. The molecular weight excluding hydrogens is 340 g/mol. The van der Waals surface area contributed by atoms with Gasteiger partial charge in [0.1, 0.15) is 5.75 Å². The van der Waals surface area contributed by atoms with E-state index in [0.29, 0.717) is 26.1 Å². The fourth-order valence-electron chi connectivity index (χ4n) is 4.03. The molecule has 0 radical (unpaired) electrons. The summed E-state index contributed by atoms with van der Waals surface area (Å²) < 4.78 is 5.25. The largest absolute Gasteiger partial charge is 0.497 e. The summed E-state index contributed by atoms with van der Waals surface area (Å²) in [5.41, 5.74) is 3.35. The van der Waals surface area contributed by atoms with E-state index in [-0.39, 0.29) is 17.7 Å². The SMILES string of the molecule is COc1cccc(CCN2CC(C(=O)N3CCc4ccccc43)CC2=O)c1. The lowest BCUT2D eigenvalue weighted by molar-refractivity contribution is -0.128. The molecule has 1 fully saturated rings. The molecule has 0 N–H and O–H groups in total. The van der Waals surface area contributed by atoms with Gasteiger partial charge in [0.05, 0.1) is 13.0 Å². The summed E-state index contributed by atoms with van der Waals surface area (Å²) in [6, 6.07) is 15.9. The van der Waals surface area contributed by atoms with Crippen LogP contribution in [-0.4, -0.2) is 43.5 Å². The monoisotopic (exact) mass is 364 g/mol. The van der Waals surface area contributed by atoms with Gasteiger partial charge in [-0.15, -0.1) is 0 Å². The van der Waals surface area contributed by atoms with Gasteiger partial charge in [-0.1, -0.05) is 30.3 Å². The average Bonchev–Trinajstić information content (AvgIpc) is 3.29. The Balaban J connectivity index is 1.38. The molecule has 0 saturated carbocycles. The van der Waals surface area contributed by atoms with Gasteiger partial charge in [0.2, 0.25) is 11.8 Å². The summed E-state index contributed by atoms with van der Waals surface area (Å²) in [4.78, 5) is 29.1. The molecule has 2 aliphatic rings. The minimum Gasteiger partial charge on any atom is -0.497 e. The first-order valence-electron chi connectivity index (χ1n) is 9.45. The van der Waals surface area contributed by atoms with E-state index in [1.807, 2.05) is 52.3 Å². The van der Waals surface area contributed by atoms with E-state index < -0.39 is 0 Å². The molecule has 0 aliphatic carbocycles. The van der Waals surface area contributed by atoms with Crippen LogP contribution in [0.25, 0.3) is 0 Å². The molecule has 2 aromatic rings. The van der Waals surface area contributed by atoms with E-state index in [2.05, 4.69) is 6.07 Å². The molecule has 0 aromatic heterocycles. The van der Waals surface area contributed by atoms with Gasteiger partial charge in [-0.3, -0.25) is 9.59 Å². The van der Waals surface area contributed by atoms with Crippen LogP contribution in [-0.2, 0) is 22.4 Å². The van der Waals surface area contributed by atoms with E-state index >= 15 is 0 Å². The second-order valence-electron chi connectivity index (χ2n) is 7.21. The smallest absolute Gasteiger partial charge is 0.232 e. The molecule has 140 valence electrons. The lowest BCUT2D eigenvalue weighted by Gasteiger charge is -2.21. The van der Waals surface area contributed by atoms with Crippen molar-refractivity contribution in [1.82, 2.24) is 4.90 Å². The molecule has 2 heterocycles. The van der Waals surface area contributed by atoms with E-state index in [0.717, 1.165) is 29.8 Å². The normalized spacial score (nSPS) is 18.7. The Bertz CT molecular complexity index is 864. The van der Waals surface area contributed by atoms with Crippen LogP contribution in [0.3, 0.4) is 0 Å². The number of rotatable bonds is 5. The predicted molar refractivity (Wildman–Crippen MR) is 104 cm³/mol. The highest BCUT2D eigenvalue weighted by Gasteiger charge is 2.38. The summed E-state index contributed by atoms with van der Waals surface area (Å²) in [5.74, 6) is 0.732. The number of methoxy groups -OCH3 is 1. The van der Waals surface area contributed by atoms with Crippen molar-refractivity contribution in [3.05, 3.63) is 59.7 Å². The summed E-state index contributed by atoms with van der Waals surface area (Å²) >= 11 is 0. The van der Waals surface area contributed by atoms with Crippen LogP contribution in [0.15, 0.2) is 48.5 Å². The molecule has 1 unspecified atom stereocenters. The van der Waals surface area contributed by atoms with Gasteiger partial charge < -0.3 is 14.5 Å². The molecular formula is C22H24N2O3. The van der Waals surface area contributed by atoms with Crippen LogP contribution in [0.1, 0.15) is 17.5 Å². The predicted octanol–water partition coefficient (Wildman–Crippen LogP) is 2.68. The van der Waals surface area contributed by atoms with Gasteiger partial charge in [-0.25, -0.2) is 0 Å². The zero-order valence-corrected chi connectivity index (χ0v) is 15.6. The van der Waals surface area contributed by atoms with Crippen LogP contribution in [0.5, 0.6) is 5.75 Å². The summed E-state index contributed by atoms with van der Waals surface area (Å²) in [6.07, 6.45) is 1.97. The van der Waals surface area contributed by atoms with Crippen LogP contribution in [0.2, 0.25) is 0 Å². The lowest BCUT2D eigenvalue weighted by atomic mass is 10.1. The minimum absolute atomic E-state index is 0.0729. The standard InChI is InChI=1S/C22H24N2O3/c1-27-19-7-4-5-16(13-19)9-11-23-15-18(14-21(23)25)22(26)24-12-10-17-6-2-3-8-20(17)24/h2-8,13,18H,9-12,14-15H2,1H3. The number of carbonyl (C=O) groups is 2. The third kappa shape index (κ3) is 3.54. The quantitative estimate of drug-likeness (QED) is 0.820. The molecule has 4 rings (SSSR count). The number of carbonyl (C=O) groups excluding carboxylic acids is 2. The molecule has 0 bridgehead atoms. The molecule has 1 atom stereocenters. The van der Waals surface area contributed by atoms with Crippen LogP contribution in [0, 0.1) is 5.92 Å². The Morgan fingerprint density at radius 3 is 2.89 bits per heavy atom. The number of likely N-dealkylation sites (tertiary alicyclic amines) is 1. The fourth-order valence-corrected chi connectivity index (χ4v) is 4.03. The fraction of sp³-hybridized carbons (Fsp3) is 0.364. The number of ether oxygens (including phenoxy) is 1. The van der Waals surface area contributed by atoms with Crippen molar-refractivity contribution in [1.29, 1.82) is 0 Å². The summed E-state index contributed by atoms with van der Waals surface area (Å²) in [7, 11) is 1.65. The molecule has 2 amide bonds. The van der Waals surface area contributed by atoms with Gasteiger partial charge in [-0.05, 0) is 42.2 Å². The Morgan fingerprint density at radius 2 is 2.04 bits per heavy atom. The van der Waals surface area contributed by atoms with E-state index in [1.165, 1.54) is 5.56 Å². The molecule has 2 aromatic carbocycles. The minimum atomic E-state index is -0.242. The number of para-hydroxylation sites is 1. The second-order valence-corrected chi connectivity index (χ2v) is 7.21. The van der Waals surface area contributed by atoms with Crippen molar-refractivity contribution >= 4 is 17.5 Å². The van der Waals surface area contributed by atoms with Gasteiger partial charge in [0.25, 0.3) is 0 Å². The van der Waals surface area contributed by atoms with Gasteiger partial charge in [0.15, 0.2) is 0 Å². The molecule has 5 nitrogen and oxygen atoms in total. The van der Waals surface area contributed by atoms with E-state index in [9.17, 15) is 9.59 Å². The van der Waals surface area contributed by atoms with E-state index in [4.69, 9.17) is 4.74 Å². The van der Waals surface area contributed by atoms with Gasteiger partial charge >= 0.3 is 0 Å². The summed E-state index contributed by atoms with van der Waals surface area (Å²) in [6.45, 7) is 1.86. The average molecular weight is 364 g/mol. The van der Waals surface area contributed by atoms with Crippen molar-refractivity contribution in [2.45, 2.75) is 19.3 Å². The Morgan fingerprint density at radius 1 is 1.19 bits per heavy atom. The number of hydrogen-bond acceptors (Lipinski definition) is 3. The Hall–Kier alpha value is -2.82. The van der Waals surface area contributed by atoms with Crippen LogP contribution < -0.4 is 9.64 Å². The summed E-state index contributed by atoms with van der Waals surface area (Å²) in [5, 5.41) is 0. The number of anilines is 1. The number of hydrogen-bond donors (Lipinski definition) is 0. The van der Waals surface area contributed by atoms with Gasteiger partial charge in [0, 0.05) is 31.7 Å². The first kappa shape index (κ1) is 17.6. The van der Waals surface area contributed by atoms with Crippen molar-refractivity contribution in [2.75, 3.05) is 31.6 Å². The zero-order valence-electron chi connectivity index (χ0n) is 15.6. The maximum atomic E-state index is 13.0. The first-order valence-corrected chi connectivity index (χ1v) is 9.45. The maximum absolute atomic E-state index is 13.0. The number of amides is 2. The topological polar surface area (TPSA) is 49.9 Å². The van der Waals surface area contributed by atoms with Gasteiger partial charge in [-0.2, -0.15) is 0 Å².